The fraction of sp³-hybridized carbons (Fsp3) is 0.143. The van der Waals surface area contributed by atoms with Gasteiger partial charge in [0.25, 0.3) is 0 Å². The van der Waals surface area contributed by atoms with Gasteiger partial charge in [-0.2, -0.15) is 13.2 Å². The van der Waals surface area contributed by atoms with E-state index in [4.69, 9.17) is 5.73 Å². The molecule has 0 saturated heterocycles. The van der Waals surface area contributed by atoms with Gasteiger partial charge in [0.15, 0.2) is 0 Å². The average molecular weight is 272 g/mol. The number of nitrogens with two attached hydrogens (primary N) is 1. The van der Waals surface area contributed by atoms with E-state index in [1.165, 1.54) is 6.07 Å². The van der Waals surface area contributed by atoms with Gasteiger partial charge >= 0.3 is 6.18 Å². The molecule has 0 aromatic heterocycles. The number of nitrogen functional groups attached to an aromatic ring is 1. The molecule has 6 heteroatoms. The SMILES string of the molecule is Nc1cc(Br)c(C(F)(F)F)cc1S. The molecule has 0 aliphatic heterocycles. The molecule has 0 spiro atoms. The molecule has 0 aliphatic carbocycles. The second-order valence-corrected chi connectivity index (χ2v) is 3.72. The van der Waals surface area contributed by atoms with Crippen LogP contribution >= 0.6 is 28.6 Å². The zero-order valence-corrected chi connectivity index (χ0v) is 8.67. The number of halogens is 4. The lowest BCUT2D eigenvalue weighted by atomic mass is 10.2. The van der Waals surface area contributed by atoms with Gasteiger partial charge < -0.3 is 5.73 Å². The number of benzene rings is 1. The predicted molar refractivity (Wildman–Crippen MR) is 50.8 cm³/mol. The Labute approximate surface area is 86.7 Å². The highest BCUT2D eigenvalue weighted by Gasteiger charge is 2.33. The van der Waals surface area contributed by atoms with Crippen molar-refractivity contribution in [1.29, 1.82) is 0 Å². The number of hydrogen-bond donors (Lipinski definition) is 2. The van der Waals surface area contributed by atoms with Crippen molar-refractivity contribution in [2.75, 3.05) is 5.73 Å². The smallest absolute Gasteiger partial charge is 0.398 e. The molecule has 0 atom stereocenters. The van der Waals surface area contributed by atoms with Gasteiger partial charge in [-0.15, -0.1) is 12.6 Å². The van der Waals surface area contributed by atoms with Gasteiger partial charge in [-0.05, 0) is 12.1 Å². The van der Waals surface area contributed by atoms with E-state index in [-0.39, 0.29) is 15.1 Å². The minimum Gasteiger partial charge on any atom is -0.398 e. The van der Waals surface area contributed by atoms with Gasteiger partial charge in [-0.1, -0.05) is 15.9 Å². The van der Waals surface area contributed by atoms with Crippen LogP contribution < -0.4 is 5.73 Å². The molecule has 0 aliphatic rings. The molecule has 0 radical (unpaired) electrons. The molecule has 0 unspecified atom stereocenters. The summed E-state index contributed by atoms with van der Waals surface area (Å²) >= 11 is 6.58. The summed E-state index contributed by atoms with van der Waals surface area (Å²) in [6, 6.07) is 2.08. The van der Waals surface area contributed by atoms with E-state index >= 15 is 0 Å². The highest BCUT2D eigenvalue weighted by Crippen LogP contribution is 2.37. The summed E-state index contributed by atoms with van der Waals surface area (Å²) in [6.07, 6.45) is -4.38. The minimum absolute atomic E-state index is 0.0738. The van der Waals surface area contributed by atoms with E-state index < -0.39 is 11.7 Å². The fourth-order valence-corrected chi connectivity index (χ4v) is 1.57. The van der Waals surface area contributed by atoms with E-state index in [0.717, 1.165) is 6.07 Å². The molecule has 1 aromatic rings. The van der Waals surface area contributed by atoms with Crippen LogP contribution in [0.2, 0.25) is 0 Å². The van der Waals surface area contributed by atoms with E-state index in [1.807, 2.05) is 0 Å². The molecular formula is C7H5BrF3NS. The first-order chi connectivity index (χ1) is 5.82. The number of rotatable bonds is 0. The second kappa shape index (κ2) is 3.42. The molecule has 0 fully saturated rings. The number of thiol groups is 1. The van der Waals surface area contributed by atoms with Crippen molar-refractivity contribution in [2.24, 2.45) is 0 Å². The molecule has 2 N–H and O–H groups in total. The average Bonchev–Trinajstić information content (AvgIpc) is 1.94. The number of alkyl halides is 3. The zero-order valence-electron chi connectivity index (χ0n) is 6.19. The number of anilines is 1. The van der Waals surface area contributed by atoms with Gasteiger partial charge in [0.2, 0.25) is 0 Å². The van der Waals surface area contributed by atoms with Gasteiger partial charge in [-0.25, -0.2) is 0 Å². The Balaban J connectivity index is 3.32. The molecule has 0 heterocycles. The topological polar surface area (TPSA) is 26.0 Å². The van der Waals surface area contributed by atoms with Crippen LogP contribution in [0.4, 0.5) is 18.9 Å². The van der Waals surface area contributed by atoms with Crippen LogP contribution in [0.15, 0.2) is 21.5 Å². The van der Waals surface area contributed by atoms with Crippen LogP contribution in [0.1, 0.15) is 5.56 Å². The van der Waals surface area contributed by atoms with Crippen molar-refractivity contribution >= 4 is 34.2 Å². The summed E-state index contributed by atoms with van der Waals surface area (Å²) in [6.45, 7) is 0. The molecular weight excluding hydrogens is 267 g/mol. The molecule has 0 saturated carbocycles. The van der Waals surface area contributed by atoms with Crippen LogP contribution in [-0.4, -0.2) is 0 Å². The third kappa shape index (κ3) is 2.31. The highest BCUT2D eigenvalue weighted by molar-refractivity contribution is 9.10. The Morgan fingerprint density at radius 1 is 1.31 bits per heavy atom. The Hall–Kier alpha value is -0.360. The third-order valence-electron chi connectivity index (χ3n) is 1.42. The fourth-order valence-electron chi connectivity index (χ4n) is 0.794. The maximum atomic E-state index is 12.3. The molecule has 0 amide bonds. The van der Waals surface area contributed by atoms with Gasteiger partial charge in [0.1, 0.15) is 0 Å². The summed E-state index contributed by atoms with van der Waals surface area (Å²) < 4.78 is 36.7. The molecule has 1 nitrogen and oxygen atoms in total. The van der Waals surface area contributed by atoms with E-state index in [2.05, 4.69) is 28.6 Å². The molecule has 1 aromatic carbocycles. The first-order valence-corrected chi connectivity index (χ1v) is 4.41. The predicted octanol–water partition coefficient (Wildman–Crippen LogP) is 3.34. The van der Waals surface area contributed by atoms with Crippen molar-refractivity contribution in [2.45, 2.75) is 11.1 Å². The lowest BCUT2D eigenvalue weighted by molar-refractivity contribution is -0.138. The lowest BCUT2D eigenvalue weighted by Crippen LogP contribution is -2.06. The quantitative estimate of drug-likeness (QED) is 0.549. The van der Waals surface area contributed by atoms with E-state index in [0.29, 0.717) is 0 Å². The summed E-state index contributed by atoms with van der Waals surface area (Å²) in [4.78, 5) is 0.121. The van der Waals surface area contributed by atoms with Crippen molar-refractivity contribution in [3.05, 3.63) is 22.2 Å². The first kappa shape index (κ1) is 10.7. The van der Waals surface area contributed by atoms with Gasteiger partial charge in [0.05, 0.1) is 5.56 Å². The van der Waals surface area contributed by atoms with Crippen LogP contribution in [0.3, 0.4) is 0 Å². The van der Waals surface area contributed by atoms with E-state index in [9.17, 15) is 13.2 Å². The maximum absolute atomic E-state index is 12.3. The van der Waals surface area contributed by atoms with Crippen LogP contribution in [0.5, 0.6) is 0 Å². The highest BCUT2D eigenvalue weighted by atomic mass is 79.9. The lowest BCUT2D eigenvalue weighted by Gasteiger charge is -2.10. The first-order valence-electron chi connectivity index (χ1n) is 3.17. The number of hydrogen-bond acceptors (Lipinski definition) is 2. The molecule has 1 rings (SSSR count). The van der Waals surface area contributed by atoms with Crippen molar-refractivity contribution in [3.63, 3.8) is 0 Å². The van der Waals surface area contributed by atoms with Crippen molar-refractivity contribution in [1.82, 2.24) is 0 Å². The van der Waals surface area contributed by atoms with Crippen molar-refractivity contribution < 1.29 is 13.2 Å². The summed E-state index contributed by atoms with van der Waals surface area (Å²) in [5, 5.41) is 0. The third-order valence-corrected chi connectivity index (χ3v) is 2.47. The Bertz CT molecular complexity index is 337. The second-order valence-electron chi connectivity index (χ2n) is 2.39. The Morgan fingerprint density at radius 3 is 2.31 bits per heavy atom. The molecule has 72 valence electrons. The molecule has 13 heavy (non-hydrogen) atoms. The van der Waals surface area contributed by atoms with Crippen LogP contribution in [0.25, 0.3) is 0 Å². The molecule has 0 bridgehead atoms. The summed E-state index contributed by atoms with van der Waals surface area (Å²) in [5.74, 6) is 0. The summed E-state index contributed by atoms with van der Waals surface area (Å²) in [5.41, 5.74) is 4.80. The van der Waals surface area contributed by atoms with Crippen molar-refractivity contribution in [3.8, 4) is 0 Å². The Morgan fingerprint density at radius 2 is 1.85 bits per heavy atom. The maximum Gasteiger partial charge on any atom is 0.417 e. The minimum atomic E-state index is -4.38. The normalized spacial score (nSPS) is 11.8. The van der Waals surface area contributed by atoms with Crippen LogP contribution in [-0.2, 0) is 6.18 Å². The summed E-state index contributed by atoms with van der Waals surface area (Å²) in [7, 11) is 0. The Kier molecular flexibility index (Phi) is 2.82. The van der Waals surface area contributed by atoms with Gasteiger partial charge in [-0.3, -0.25) is 0 Å². The van der Waals surface area contributed by atoms with Crippen LogP contribution in [0, 0.1) is 0 Å². The largest absolute Gasteiger partial charge is 0.417 e. The van der Waals surface area contributed by atoms with Gasteiger partial charge in [0, 0.05) is 15.1 Å². The monoisotopic (exact) mass is 271 g/mol. The standard InChI is InChI=1S/C7H5BrF3NS/c8-4-2-5(12)6(13)1-3(4)7(9,10)11/h1-2,13H,12H2. The van der Waals surface area contributed by atoms with E-state index in [1.54, 1.807) is 0 Å². The zero-order chi connectivity index (χ0) is 10.2.